The molecule has 0 aliphatic rings. The molecule has 1 aromatic rings. The van der Waals surface area contributed by atoms with Crippen LogP contribution in [0.25, 0.3) is 0 Å². The molecule has 0 unspecified atom stereocenters. The van der Waals surface area contributed by atoms with Crippen molar-refractivity contribution >= 4 is 0 Å². The predicted molar refractivity (Wildman–Crippen MR) is 85.0 cm³/mol. The standard InChI is InChI=1S/C18H30O2/c1-3-4-5-6-7-8-13-18(14-19,15-20)17-11-9-16(2)10-12-17/h9-12,19-20H,3-8,13-15H2,1-2H3. The number of rotatable bonds is 10. The zero-order valence-corrected chi connectivity index (χ0v) is 13.1. The molecule has 2 heteroatoms. The van der Waals surface area contributed by atoms with Gasteiger partial charge in [0.2, 0.25) is 0 Å². The van der Waals surface area contributed by atoms with Crippen LogP contribution in [-0.4, -0.2) is 23.4 Å². The van der Waals surface area contributed by atoms with E-state index in [0.29, 0.717) is 0 Å². The molecule has 0 bridgehead atoms. The SMILES string of the molecule is CCCCCCCCC(CO)(CO)c1ccc(C)cc1. The molecule has 0 aromatic heterocycles. The van der Waals surface area contributed by atoms with Gasteiger partial charge in [0.15, 0.2) is 0 Å². The van der Waals surface area contributed by atoms with Crippen LogP contribution in [0.4, 0.5) is 0 Å². The third-order valence-electron chi connectivity index (χ3n) is 4.28. The van der Waals surface area contributed by atoms with Crippen molar-refractivity contribution in [3.05, 3.63) is 35.4 Å². The minimum atomic E-state index is -0.474. The van der Waals surface area contributed by atoms with Crippen molar-refractivity contribution in [2.45, 2.75) is 64.2 Å². The normalized spacial score (nSPS) is 11.8. The maximum atomic E-state index is 9.78. The molecule has 0 radical (unpaired) electrons. The van der Waals surface area contributed by atoms with Gasteiger partial charge in [-0.1, -0.05) is 75.3 Å². The second kappa shape index (κ2) is 9.15. The molecule has 0 spiro atoms. The van der Waals surface area contributed by atoms with E-state index in [1.807, 2.05) is 12.1 Å². The Balaban J connectivity index is 2.56. The molecule has 0 saturated carbocycles. The second-order valence-electron chi connectivity index (χ2n) is 5.98. The van der Waals surface area contributed by atoms with E-state index in [2.05, 4.69) is 26.0 Å². The van der Waals surface area contributed by atoms with E-state index < -0.39 is 5.41 Å². The molecule has 0 aliphatic carbocycles. The minimum absolute atomic E-state index is 0.0154. The Bertz CT molecular complexity index is 352. The van der Waals surface area contributed by atoms with Crippen LogP contribution < -0.4 is 0 Å². The summed E-state index contributed by atoms with van der Waals surface area (Å²) in [5.74, 6) is 0. The van der Waals surface area contributed by atoms with E-state index in [1.165, 1.54) is 37.7 Å². The Labute approximate surface area is 123 Å². The molecule has 0 fully saturated rings. The van der Waals surface area contributed by atoms with Gasteiger partial charge < -0.3 is 10.2 Å². The topological polar surface area (TPSA) is 40.5 Å². The largest absolute Gasteiger partial charge is 0.395 e. The lowest BCUT2D eigenvalue weighted by atomic mass is 9.77. The van der Waals surface area contributed by atoms with E-state index in [9.17, 15) is 10.2 Å². The number of aliphatic hydroxyl groups is 2. The van der Waals surface area contributed by atoms with Crippen molar-refractivity contribution in [2.75, 3.05) is 13.2 Å². The average molecular weight is 278 g/mol. The van der Waals surface area contributed by atoms with Crippen molar-refractivity contribution in [2.24, 2.45) is 0 Å². The van der Waals surface area contributed by atoms with Crippen LogP contribution in [0.1, 0.15) is 63.0 Å². The van der Waals surface area contributed by atoms with Gasteiger partial charge in [-0.25, -0.2) is 0 Å². The fraction of sp³-hybridized carbons (Fsp3) is 0.667. The Morgan fingerprint density at radius 3 is 1.95 bits per heavy atom. The molecule has 0 amide bonds. The molecule has 0 aliphatic heterocycles. The second-order valence-corrected chi connectivity index (χ2v) is 5.98. The smallest absolute Gasteiger partial charge is 0.0550 e. The molecule has 1 aromatic carbocycles. The third kappa shape index (κ3) is 4.92. The minimum Gasteiger partial charge on any atom is -0.395 e. The van der Waals surface area contributed by atoms with Gasteiger partial charge in [-0.05, 0) is 18.9 Å². The van der Waals surface area contributed by atoms with Crippen LogP contribution in [0.5, 0.6) is 0 Å². The summed E-state index contributed by atoms with van der Waals surface area (Å²) in [6.07, 6.45) is 8.24. The summed E-state index contributed by atoms with van der Waals surface area (Å²) in [5.41, 5.74) is 1.79. The van der Waals surface area contributed by atoms with Crippen LogP contribution in [0.15, 0.2) is 24.3 Å². The maximum absolute atomic E-state index is 9.78. The molecule has 2 N–H and O–H groups in total. The summed E-state index contributed by atoms with van der Waals surface area (Å²) in [6.45, 7) is 4.31. The fourth-order valence-electron chi connectivity index (χ4n) is 2.69. The highest BCUT2D eigenvalue weighted by Gasteiger charge is 2.30. The zero-order valence-electron chi connectivity index (χ0n) is 13.1. The van der Waals surface area contributed by atoms with Gasteiger partial charge >= 0.3 is 0 Å². The number of hydrogen-bond donors (Lipinski definition) is 2. The van der Waals surface area contributed by atoms with Crippen LogP contribution in [0.3, 0.4) is 0 Å². The lowest BCUT2D eigenvalue weighted by Crippen LogP contribution is -2.34. The van der Waals surface area contributed by atoms with Gasteiger partial charge in [0.1, 0.15) is 0 Å². The van der Waals surface area contributed by atoms with Crippen molar-refractivity contribution in [1.82, 2.24) is 0 Å². The first-order valence-electron chi connectivity index (χ1n) is 7.97. The van der Waals surface area contributed by atoms with Gasteiger partial charge in [0, 0.05) is 5.41 Å². The van der Waals surface area contributed by atoms with Crippen LogP contribution in [0, 0.1) is 6.92 Å². The van der Waals surface area contributed by atoms with E-state index in [-0.39, 0.29) is 13.2 Å². The highest BCUT2D eigenvalue weighted by molar-refractivity contribution is 5.29. The van der Waals surface area contributed by atoms with Crippen molar-refractivity contribution < 1.29 is 10.2 Å². The Kier molecular flexibility index (Phi) is 7.86. The summed E-state index contributed by atoms with van der Waals surface area (Å²) >= 11 is 0. The predicted octanol–water partition coefficient (Wildman–Crippen LogP) is 3.97. The molecule has 0 saturated heterocycles. The molecule has 2 nitrogen and oxygen atoms in total. The summed E-state index contributed by atoms with van der Waals surface area (Å²) in [5, 5.41) is 19.6. The number of aryl methyl sites for hydroxylation is 1. The van der Waals surface area contributed by atoms with E-state index in [1.54, 1.807) is 0 Å². The number of hydrogen-bond acceptors (Lipinski definition) is 2. The summed E-state index contributed by atoms with van der Waals surface area (Å²) < 4.78 is 0. The highest BCUT2D eigenvalue weighted by Crippen LogP contribution is 2.30. The first kappa shape index (κ1) is 17.2. The lowest BCUT2D eigenvalue weighted by molar-refractivity contribution is 0.107. The van der Waals surface area contributed by atoms with Gasteiger partial charge in [0.05, 0.1) is 13.2 Å². The lowest BCUT2D eigenvalue weighted by Gasteiger charge is -2.30. The zero-order chi connectivity index (χ0) is 14.8. The van der Waals surface area contributed by atoms with Gasteiger partial charge in [0.25, 0.3) is 0 Å². The highest BCUT2D eigenvalue weighted by atomic mass is 16.3. The van der Waals surface area contributed by atoms with Crippen molar-refractivity contribution in [1.29, 1.82) is 0 Å². The molecule has 114 valence electrons. The van der Waals surface area contributed by atoms with Crippen molar-refractivity contribution in [3.8, 4) is 0 Å². The van der Waals surface area contributed by atoms with Crippen molar-refractivity contribution in [3.63, 3.8) is 0 Å². The summed E-state index contributed by atoms with van der Waals surface area (Å²) in [6, 6.07) is 8.19. The first-order chi connectivity index (χ1) is 9.68. The van der Waals surface area contributed by atoms with Crippen LogP contribution in [-0.2, 0) is 5.41 Å². The van der Waals surface area contributed by atoms with E-state index in [4.69, 9.17) is 0 Å². The van der Waals surface area contributed by atoms with Crippen LogP contribution in [0.2, 0.25) is 0 Å². The Morgan fingerprint density at radius 2 is 1.40 bits per heavy atom. The average Bonchev–Trinajstić information content (AvgIpc) is 2.48. The van der Waals surface area contributed by atoms with Gasteiger partial charge in [-0.2, -0.15) is 0 Å². The monoisotopic (exact) mass is 278 g/mol. The summed E-state index contributed by atoms with van der Waals surface area (Å²) in [4.78, 5) is 0. The Hall–Kier alpha value is -0.860. The number of aliphatic hydroxyl groups excluding tert-OH is 2. The third-order valence-corrected chi connectivity index (χ3v) is 4.28. The van der Waals surface area contributed by atoms with Crippen LogP contribution >= 0.6 is 0 Å². The molecular formula is C18H30O2. The number of unbranched alkanes of at least 4 members (excludes halogenated alkanes) is 5. The molecule has 0 heterocycles. The van der Waals surface area contributed by atoms with Gasteiger partial charge in [-0.15, -0.1) is 0 Å². The fourth-order valence-corrected chi connectivity index (χ4v) is 2.69. The van der Waals surface area contributed by atoms with Gasteiger partial charge in [-0.3, -0.25) is 0 Å². The number of benzene rings is 1. The summed E-state index contributed by atoms with van der Waals surface area (Å²) in [7, 11) is 0. The van der Waals surface area contributed by atoms with E-state index >= 15 is 0 Å². The molecule has 0 atom stereocenters. The van der Waals surface area contributed by atoms with E-state index in [0.717, 1.165) is 18.4 Å². The molecule has 1 rings (SSSR count). The quantitative estimate of drug-likeness (QED) is 0.636. The maximum Gasteiger partial charge on any atom is 0.0550 e. The molecular weight excluding hydrogens is 248 g/mol. The molecule has 20 heavy (non-hydrogen) atoms. The Morgan fingerprint density at radius 1 is 0.850 bits per heavy atom. The first-order valence-corrected chi connectivity index (χ1v) is 7.97.